The zero-order valence-electron chi connectivity index (χ0n) is 27.4. The average molecular weight is 687 g/mol. The third kappa shape index (κ3) is 6.97. The number of carboxylic acids is 1. The van der Waals surface area contributed by atoms with Crippen LogP contribution >= 0.6 is 0 Å². The first-order chi connectivity index (χ1) is 24.3. The van der Waals surface area contributed by atoms with Crippen molar-refractivity contribution >= 4 is 22.7 Å². The highest BCUT2D eigenvalue weighted by Crippen LogP contribution is 2.34. The van der Waals surface area contributed by atoms with Crippen LogP contribution in [0.1, 0.15) is 44.9 Å². The molecule has 7 rings (SSSR count). The molecule has 11 nitrogen and oxygen atoms in total. The molecule has 5 aromatic rings. The first kappa shape index (κ1) is 33.4. The lowest BCUT2D eigenvalue weighted by atomic mass is 9.98. The number of imidazole rings is 1. The Balaban J connectivity index is 1.32. The molecule has 1 atom stereocenters. The van der Waals surface area contributed by atoms with Gasteiger partial charge in [0.2, 0.25) is 5.88 Å². The van der Waals surface area contributed by atoms with E-state index in [4.69, 9.17) is 34.4 Å². The van der Waals surface area contributed by atoms with Crippen LogP contribution in [0.3, 0.4) is 0 Å². The summed E-state index contributed by atoms with van der Waals surface area (Å²) in [6.45, 7) is 2.10. The maximum Gasteiger partial charge on any atom is 0.335 e. The molecule has 0 spiro atoms. The highest BCUT2D eigenvalue weighted by atomic mass is 19.1. The minimum Gasteiger partial charge on any atom is -0.489 e. The van der Waals surface area contributed by atoms with Gasteiger partial charge < -0.3 is 39.1 Å². The van der Waals surface area contributed by atoms with Gasteiger partial charge in [-0.3, -0.25) is 0 Å². The molecule has 0 radical (unpaired) electrons. The van der Waals surface area contributed by atoms with Gasteiger partial charge in [-0.2, -0.15) is 0 Å². The summed E-state index contributed by atoms with van der Waals surface area (Å²) in [7, 11) is 1.54. The number of methoxy groups -OCH3 is 1. The summed E-state index contributed by atoms with van der Waals surface area (Å²) < 4.78 is 62.1. The van der Waals surface area contributed by atoms with Crippen LogP contribution in [0.2, 0.25) is 0 Å². The largest absolute Gasteiger partial charge is 0.489 e. The van der Waals surface area contributed by atoms with Gasteiger partial charge in [0, 0.05) is 37.5 Å². The Morgan fingerprint density at radius 2 is 1.86 bits per heavy atom. The molecule has 50 heavy (non-hydrogen) atoms. The van der Waals surface area contributed by atoms with Crippen LogP contribution in [-0.4, -0.2) is 65.3 Å². The number of nitrogens with two attached hydrogens (primary N) is 1. The summed E-state index contributed by atoms with van der Waals surface area (Å²) in [6, 6.07) is 14.1. The minimum atomic E-state index is -1.12. The second kappa shape index (κ2) is 14.4. The van der Waals surface area contributed by atoms with Crippen molar-refractivity contribution < 1.29 is 42.4 Å². The van der Waals surface area contributed by atoms with Crippen LogP contribution in [0.5, 0.6) is 11.6 Å². The van der Waals surface area contributed by atoms with Gasteiger partial charge in [0.05, 0.1) is 43.5 Å². The van der Waals surface area contributed by atoms with Crippen LogP contribution in [0, 0.1) is 11.6 Å². The van der Waals surface area contributed by atoms with Gasteiger partial charge in [-0.1, -0.05) is 6.07 Å². The molecule has 0 saturated carbocycles. The number of hydrogen-bond acceptors (Lipinski definition) is 9. The van der Waals surface area contributed by atoms with E-state index in [1.54, 1.807) is 25.3 Å². The van der Waals surface area contributed by atoms with Crippen molar-refractivity contribution in [2.75, 3.05) is 39.3 Å². The zero-order valence-corrected chi connectivity index (χ0v) is 27.4. The molecule has 0 amide bonds. The molecule has 0 aliphatic carbocycles. The van der Waals surface area contributed by atoms with Crippen molar-refractivity contribution in [1.82, 2.24) is 14.5 Å². The predicted octanol–water partition coefficient (Wildman–Crippen LogP) is 5.71. The fourth-order valence-corrected chi connectivity index (χ4v) is 6.22. The van der Waals surface area contributed by atoms with Crippen molar-refractivity contribution in [3.63, 3.8) is 0 Å². The highest BCUT2D eigenvalue weighted by Gasteiger charge is 2.26. The minimum absolute atomic E-state index is 0.0307. The summed E-state index contributed by atoms with van der Waals surface area (Å²) >= 11 is 0. The van der Waals surface area contributed by atoms with Crippen molar-refractivity contribution in [2.45, 2.75) is 45.1 Å². The molecule has 4 heterocycles. The maximum absolute atomic E-state index is 16.1. The molecule has 3 aromatic carbocycles. The predicted molar refractivity (Wildman–Crippen MR) is 179 cm³/mol. The van der Waals surface area contributed by atoms with Crippen molar-refractivity contribution in [2.24, 2.45) is 0 Å². The van der Waals surface area contributed by atoms with Gasteiger partial charge >= 0.3 is 5.97 Å². The van der Waals surface area contributed by atoms with Gasteiger partial charge in [0.25, 0.3) is 0 Å². The summed E-state index contributed by atoms with van der Waals surface area (Å²) in [6.07, 6.45) is 1.42. The number of pyridine rings is 1. The van der Waals surface area contributed by atoms with E-state index < -0.39 is 17.6 Å². The van der Waals surface area contributed by atoms with Gasteiger partial charge in [0.15, 0.2) is 0 Å². The molecule has 2 aromatic heterocycles. The van der Waals surface area contributed by atoms with Crippen molar-refractivity contribution in [3.8, 4) is 22.9 Å². The monoisotopic (exact) mass is 686 g/mol. The number of hydrogen-bond donors (Lipinski definition) is 2. The summed E-state index contributed by atoms with van der Waals surface area (Å²) in [5, 5.41) is 9.91. The Morgan fingerprint density at radius 3 is 2.64 bits per heavy atom. The fourth-order valence-electron chi connectivity index (χ4n) is 6.22. The number of benzene rings is 3. The number of rotatable bonds is 9. The van der Waals surface area contributed by atoms with Crippen LogP contribution in [0.4, 0.5) is 14.5 Å². The summed E-state index contributed by atoms with van der Waals surface area (Å²) in [5.41, 5.74) is 10.5. The number of fused-ring (bicyclic) bond motifs is 7. The standard InChI is InChI=1S/C37H36F2N4O7/c1-46-10-11-49-32-16-24(37(44)45)15-31-36(32)41-33(43(31)18-27-7-9-48-27)17-23-14-30(39)28-13-25(23)19-47-8-6-21-12-26(40)3-2-22(21)20-50-34-5-4-29(38)35(28)42-34/h2-5,12-16,27H,6-11,17-20,40H2,1H3,(H,44,45)/t27-/m0/s1. The molecule has 0 unspecified atom stereocenters. The Hall–Kier alpha value is -5.11. The van der Waals surface area contributed by atoms with Gasteiger partial charge in [0.1, 0.15) is 47.6 Å². The Morgan fingerprint density at radius 1 is 1.00 bits per heavy atom. The average Bonchev–Trinajstić information content (AvgIpc) is 3.42. The van der Waals surface area contributed by atoms with Crippen molar-refractivity contribution in [1.29, 1.82) is 0 Å². The Kier molecular flexibility index (Phi) is 9.61. The van der Waals surface area contributed by atoms with E-state index in [9.17, 15) is 9.90 Å². The number of nitrogens with zero attached hydrogens (tertiary/aromatic N) is 3. The lowest BCUT2D eigenvalue weighted by Gasteiger charge is -2.27. The third-order valence-electron chi connectivity index (χ3n) is 8.96. The molecule has 4 bridgehead atoms. The molecule has 2 aliphatic heterocycles. The number of aromatic carboxylic acids is 1. The first-order valence-electron chi connectivity index (χ1n) is 16.3. The molecule has 13 heteroatoms. The van der Waals surface area contributed by atoms with E-state index in [0.29, 0.717) is 72.2 Å². The quantitative estimate of drug-likeness (QED) is 0.146. The fraction of sp³-hybridized carbons (Fsp3) is 0.324. The number of halogens is 2. The number of ether oxygens (including phenoxy) is 5. The summed E-state index contributed by atoms with van der Waals surface area (Å²) in [5.74, 6) is -1.51. The van der Waals surface area contributed by atoms with Gasteiger partial charge in [-0.15, -0.1) is 0 Å². The van der Waals surface area contributed by atoms with E-state index in [0.717, 1.165) is 17.5 Å². The number of aromatic nitrogens is 3. The SMILES string of the molecule is COCCOc1cc(C(=O)O)cc2c1nc(Cc1cc(F)c3cc1COCCc1cc(N)ccc1COc1ccc(F)c-3n1)n2C[C@@H]1CCO1. The number of carboxylic acid groups (broad SMARTS) is 1. The molecule has 260 valence electrons. The van der Waals surface area contributed by atoms with E-state index in [-0.39, 0.29) is 55.0 Å². The van der Waals surface area contributed by atoms with Crippen LogP contribution in [0.15, 0.2) is 54.6 Å². The number of anilines is 1. The van der Waals surface area contributed by atoms with Gasteiger partial charge in [-0.05, 0) is 77.6 Å². The topological polar surface area (TPSA) is 140 Å². The number of nitrogen functional groups attached to an aromatic ring is 1. The zero-order chi connectivity index (χ0) is 34.8. The molecular formula is C37H36F2N4O7. The Bertz CT molecular complexity index is 2060. The lowest BCUT2D eigenvalue weighted by Crippen LogP contribution is -2.31. The lowest BCUT2D eigenvalue weighted by molar-refractivity contribution is -0.0589. The van der Waals surface area contributed by atoms with Gasteiger partial charge in [-0.25, -0.2) is 23.5 Å². The first-order valence-corrected chi connectivity index (χ1v) is 16.3. The van der Waals surface area contributed by atoms with E-state index in [1.807, 2.05) is 16.7 Å². The second-order valence-electron chi connectivity index (χ2n) is 12.3. The molecule has 1 fully saturated rings. The van der Waals surface area contributed by atoms with E-state index in [2.05, 4.69) is 4.98 Å². The van der Waals surface area contributed by atoms with Crippen LogP contribution < -0.4 is 15.2 Å². The molecule has 1 saturated heterocycles. The molecular weight excluding hydrogens is 650 g/mol. The number of carbonyl (C=O) groups is 1. The van der Waals surface area contributed by atoms with Crippen LogP contribution in [0.25, 0.3) is 22.3 Å². The van der Waals surface area contributed by atoms with Crippen LogP contribution in [-0.2, 0) is 46.8 Å². The smallest absolute Gasteiger partial charge is 0.335 e. The Labute approximate surface area is 286 Å². The molecule has 2 aliphatic rings. The second-order valence-corrected chi connectivity index (χ2v) is 12.3. The summed E-state index contributed by atoms with van der Waals surface area (Å²) in [4.78, 5) is 21.4. The third-order valence-corrected chi connectivity index (χ3v) is 8.96. The highest BCUT2D eigenvalue weighted by molar-refractivity contribution is 5.95. The normalized spacial score (nSPS) is 15.9. The van der Waals surface area contributed by atoms with E-state index in [1.165, 1.54) is 24.3 Å². The van der Waals surface area contributed by atoms with Crippen molar-refractivity contribution in [3.05, 3.63) is 99.9 Å². The maximum atomic E-state index is 16.1. The molecule has 3 N–H and O–H groups in total. The van der Waals surface area contributed by atoms with E-state index >= 15 is 8.78 Å².